The van der Waals surface area contributed by atoms with Crippen molar-refractivity contribution in [2.24, 2.45) is 7.05 Å². The van der Waals surface area contributed by atoms with Crippen LogP contribution < -0.4 is 10.6 Å². The number of hydrogen-bond donors (Lipinski definition) is 2. The third-order valence-corrected chi connectivity index (χ3v) is 4.49. The molecule has 0 spiro atoms. The Morgan fingerprint density at radius 1 is 1.27 bits per heavy atom. The van der Waals surface area contributed by atoms with E-state index >= 15 is 0 Å². The molecule has 1 aromatic carbocycles. The lowest BCUT2D eigenvalue weighted by Crippen LogP contribution is -2.30. The minimum Gasteiger partial charge on any atom is -0.354 e. The molecule has 1 saturated heterocycles. The molecule has 0 unspecified atom stereocenters. The van der Waals surface area contributed by atoms with Crippen molar-refractivity contribution in [3.63, 3.8) is 0 Å². The predicted molar refractivity (Wildman–Crippen MR) is 95.5 cm³/mol. The maximum Gasteiger partial charge on any atom is 0.242 e. The largest absolute Gasteiger partial charge is 0.354 e. The van der Waals surface area contributed by atoms with Crippen LogP contribution in [0.25, 0.3) is 27.9 Å². The number of aryl methyl sites for hydroxylation is 1. The van der Waals surface area contributed by atoms with Crippen LogP contribution in [-0.4, -0.2) is 47.9 Å². The second kappa shape index (κ2) is 5.51. The minimum absolute atomic E-state index is 0.0271. The number of anilines is 1. The molecular formula is C17H16N8O. The van der Waals surface area contributed by atoms with E-state index < -0.39 is 0 Å². The van der Waals surface area contributed by atoms with Gasteiger partial charge in [0.1, 0.15) is 6.04 Å². The third kappa shape index (κ3) is 2.28. The van der Waals surface area contributed by atoms with Crippen molar-refractivity contribution in [2.75, 3.05) is 11.9 Å². The Labute approximate surface area is 148 Å². The monoisotopic (exact) mass is 348 g/mol. The summed E-state index contributed by atoms with van der Waals surface area (Å²) in [4.78, 5) is 21.3. The maximum atomic E-state index is 12.0. The first-order valence-electron chi connectivity index (χ1n) is 8.38. The Balaban J connectivity index is 1.71. The number of benzene rings is 1. The molecule has 1 aliphatic heterocycles. The summed E-state index contributed by atoms with van der Waals surface area (Å²) in [6.07, 6.45) is 4.29. The normalized spacial score (nSPS) is 17.1. The highest BCUT2D eigenvalue weighted by molar-refractivity contribution is 5.93. The first-order chi connectivity index (χ1) is 12.7. The van der Waals surface area contributed by atoms with Gasteiger partial charge in [0, 0.05) is 25.2 Å². The average Bonchev–Trinajstić information content (AvgIpc) is 3.35. The highest BCUT2D eigenvalue weighted by Gasteiger charge is 2.26. The third-order valence-electron chi connectivity index (χ3n) is 4.49. The molecule has 130 valence electrons. The molecule has 3 aromatic heterocycles. The van der Waals surface area contributed by atoms with Gasteiger partial charge in [-0.1, -0.05) is 12.1 Å². The van der Waals surface area contributed by atoms with E-state index in [4.69, 9.17) is 4.98 Å². The molecule has 9 heteroatoms. The van der Waals surface area contributed by atoms with Gasteiger partial charge in [0.05, 0.1) is 17.3 Å². The Morgan fingerprint density at radius 2 is 2.15 bits per heavy atom. The fourth-order valence-electron chi connectivity index (χ4n) is 3.20. The molecule has 1 fully saturated rings. The fraction of sp³-hybridized carbons (Fsp3) is 0.235. The van der Waals surface area contributed by atoms with Gasteiger partial charge in [-0.05, 0) is 18.6 Å². The number of fused-ring (bicyclic) bond motifs is 3. The molecule has 2 N–H and O–H groups in total. The van der Waals surface area contributed by atoms with Crippen LogP contribution in [0, 0.1) is 0 Å². The van der Waals surface area contributed by atoms with E-state index in [0.29, 0.717) is 30.4 Å². The van der Waals surface area contributed by atoms with Crippen LogP contribution in [0.15, 0.2) is 36.7 Å². The Bertz CT molecular complexity index is 1140. The Hall–Kier alpha value is -3.49. The van der Waals surface area contributed by atoms with Crippen molar-refractivity contribution in [1.82, 2.24) is 34.7 Å². The fourth-order valence-corrected chi connectivity index (χ4v) is 3.20. The van der Waals surface area contributed by atoms with Crippen LogP contribution in [0.1, 0.15) is 6.42 Å². The van der Waals surface area contributed by atoms with Crippen LogP contribution in [0.3, 0.4) is 0 Å². The minimum atomic E-state index is -0.321. The van der Waals surface area contributed by atoms with Gasteiger partial charge in [0.25, 0.3) is 0 Å². The lowest BCUT2D eigenvalue weighted by Gasteiger charge is -2.12. The molecule has 1 aliphatic rings. The number of carbonyl (C=O) groups excluding carboxylic acids is 1. The van der Waals surface area contributed by atoms with Crippen LogP contribution in [0.5, 0.6) is 0 Å². The molecule has 4 aromatic rings. The zero-order chi connectivity index (χ0) is 17.7. The summed E-state index contributed by atoms with van der Waals surface area (Å²) < 4.78 is 3.37. The second-order valence-corrected chi connectivity index (χ2v) is 6.30. The van der Waals surface area contributed by atoms with Crippen LogP contribution in [-0.2, 0) is 11.8 Å². The van der Waals surface area contributed by atoms with Crippen molar-refractivity contribution in [2.45, 2.75) is 12.5 Å². The predicted octanol–water partition coefficient (Wildman–Crippen LogP) is 0.978. The van der Waals surface area contributed by atoms with E-state index in [9.17, 15) is 4.79 Å². The van der Waals surface area contributed by atoms with Crippen molar-refractivity contribution >= 4 is 28.4 Å². The first kappa shape index (κ1) is 14.8. The van der Waals surface area contributed by atoms with Gasteiger partial charge in [-0.2, -0.15) is 9.61 Å². The molecule has 0 radical (unpaired) electrons. The molecule has 1 amide bonds. The van der Waals surface area contributed by atoms with Crippen LogP contribution >= 0.6 is 0 Å². The number of carbonyl (C=O) groups is 1. The van der Waals surface area contributed by atoms with Gasteiger partial charge in [-0.15, -0.1) is 5.10 Å². The van der Waals surface area contributed by atoms with E-state index in [1.165, 1.54) is 0 Å². The summed E-state index contributed by atoms with van der Waals surface area (Å²) >= 11 is 0. The number of para-hydroxylation sites is 1. The van der Waals surface area contributed by atoms with Gasteiger partial charge in [-0.25, -0.2) is 9.97 Å². The molecule has 9 nitrogen and oxygen atoms in total. The maximum absolute atomic E-state index is 12.0. The summed E-state index contributed by atoms with van der Waals surface area (Å²) in [5, 5.41) is 15.7. The van der Waals surface area contributed by atoms with Gasteiger partial charge < -0.3 is 10.6 Å². The van der Waals surface area contributed by atoms with E-state index in [-0.39, 0.29) is 11.9 Å². The smallest absolute Gasteiger partial charge is 0.242 e. The van der Waals surface area contributed by atoms with Crippen molar-refractivity contribution in [3.8, 4) is 11.4 Å². The molecule has 4 heterocycles. The zero-order valence-corrected chi connectivity index (χ0v) is 14.0. The Morgan fingerprint density at radius 3 is 2.92 bits per heavy atom. The number of hydrogen-bond acceptors (Lipinski definition) is 6. The lowest BCUT2D eigenvalue weighted by molar-refractivity contribution is -0.119. The number of amides is 1. The number of nitrogens with zero attached hydrogens (tertiary/aromatic N) is 6. The first-order valence-corrected chi connectivity index (χ1v) is 8.38. The topological polar surface area (TPSA) is 102 Å². The average molecular weight is 348 g/mol. The van der Waals surface area contributed by atoms with Gasteiger partial charge in [0.2, 0.25) is 11.9 Å². The van der Waals surface area contributed by atoms with Crippen molar-refractivity contribution in [1.29, 1.82) is 0 Å². The molecule has 0 aliphatic carbocycles. The molecule has 26 heavy (non-hydrogen) atoms. The Kier molecular flexibility index (Phi) is 3.14. The lowest BCUT2D eigenvalue weighted by atomic mass is 10.2. The number of nitrogens with one attached hydrogen (secondary N) is 2. The van der Waals surface area contributed by atoms with Gasteiger partial charge >= 0.3 is 0 Å². The van der Waals surface area contributed by atoms with E-state index in [1.807, 2.05) is 37.5 Å². The standard InChI is InChI=1S/C17H16N8O/c1-24-9-10(8-19-24)14-22-15-11-4-2-3-5-12(11)20-17(25(15)23-14)21-13-6-7-18-16(13)26/h2-5,8-9,13H,6-7H2,1H3,(H,18,26)(H,20,21)/t13-/m0/s1. The SMILES string of the molecule is Cn1cc(-c2nc3c4ccccc4nc(N[C@H]4CCNC4=O)n3n2)cn1. The van der Waals surface area contributed by atoms with Gasteiger partial charge in [-0.3, -0.25) is 9.48 Å². The zero-order valence-electron chi connectivity index (χ0n) is 14.0. The number of aromatic nitrogens is 6. The second-order valence-electron chi connectivity index (χ2n) is 6.30. The molecular weight excluding hydrogens is 332 g/mol. The number of rotatable bonds is 3. The molecule has 5 rings (SSSR count). The quantitative estimate of drug-likeness (QED) is 0.572. The summed E-state index contributed by atoms with van der Waals surface area (Å²) in [7, 11) is 1.85. The van der Waals surface area contributed by atoms with Crippen LogP contribution in [0.2, 0.25) is 0 Å². The van der Waals surface area contributed by atoms with E-state index in [0.717, 1.165) is 16.5 Å². The van der Waals surface area contributed by atoms with E-state index in [2.05, 4.69) is 25.8 Å². The summed E-state index contributed by atoms with van der Waals surface area (Å²) in [5.74, 6) is 1.04. The van der Waals surface area contributed by atoms with Crippen molar-refractivity contribution < 1.29 is 4.79 Å². The van der Waals surface area contributed by atoms with Gasteiger partial charge in [0.15, 0.2) is 11.5 Å². The summed E-state index contributed by atoms with van der Waals surface area (Å²) in [5.41, 5.74) is 2.31. The summed E-state index contributed by atoms with van der Waals surface area (Å²) in [6, 6.07) is 7.44. The van der Waals surface area contributed by atoms with Crippen molar-refractivity contribution in [3.05, 3.63) is 36.7 Å². The van der Waals surface area contributed by atoms with E-state index in [1.54, 1.807) is 15.4 Å². The highest BCUT2D eigenvalue weighted by atomic mass is 16.2. The molecule has 0 saturated carbocycles. The highest BCUT2D eigenvalue weighted by Crippen LogP contribution is 2.24. The molecule has 0 bridgehead atoms. The summed E-state index contributed by atoms with van der Waals surface area (Å²) in [6.45, 7) is 0.658. The van der Waals surface area contributed by atoms with Crippen LogP contribution in [0.4, 0.5) is 5.95 Å². The molecule has 1 atom stereocenters.